The molecule has 1 aliphatic carbocycles. The largest absolute Gasteiger partial charge is 0.344 e. The van der Waals surface area contributed by atoms with Gasteiger partial charge < -0.3 is 9.79 Å². The Morgan fingerprint density at radius 1 is 1.00 bits per heavy atom. The van der Waals surface area contributed by atoms with Crippen molar-refractivity contribution in [2.24, 2.45) is 0 Å². The number of fused-ring (bicyclic) bond motifs is 1. The average molecular weight is 298 g/mol. The minimum Gasteiger partial charge on any atom is -0.324 e. The summed E-state index contributed by atoms with van der Waals surface area (Å²) in [5.74, 6) is -0.875. The van der Waals surface area contributed by atoms with Gasteiger partial charge in [0.2, 0.25) is 0 Å². The lowest BCUT2D eigenvalue weighted by Gasteiger charge is -2.37. The lowest BCUT2D eigenvalue weighted by atomic mass is 9.92. The molecule has 104 valence electrons. The van der Waals surface area contributed by atoms with Gasteiger partial charge >= 0.3 is 21.2 Å². The smallest absolute Gasteiger partial charge is 0.324 e. The van der Waals surface area contributed by atoms with Gasteiger partial charge in [-0.3, -0.25) is 9.13 Å². The van der Waals surface area contributed by atoms with Crippen LogP contribution in [0.25, 0.3) is 0 Å². The van der Waals surface area contributed by atoms with Crippen LogP contribution in [-0.4, -0.2) is 33.8 Å². The fourth-order valence-corrected chi connectivity index (χ4v) is 6.23. The third kappa shape index (κ3) is 2.44. The molecule has 2 aliphatic heterocycles. The average Bonchev–Trinajstić information content (AvgIpc) is 2.48. The van der Waals surface area contributed by atoms with E-state index in [0.717, 1.165) is 25.7 Å². The van der Waals surface area contributed by atoms with Crippen molar-refractivity contribution < 1.29 is 28.0 Å². The molecule has 0 bridgehead atoms. The van der Waals surface area contributed by atoms with E-state index in [1.165, 1.54) is 0 Å². The SMILES string of the molecule is O=P1(O)CP(=O)(O)OC2(N[C@@H]3CCCC[C@H]3N2)O1. The Labute approximate surface area is 104 Å². The van der Waals surface area contributed by atoms with Crippen molar-refractivity contribution in [3.05, 3.63) is 0 Å². The van der Waals surface area contributed by atoms with Crippen molar-refractivity contribution >= 4 is 15.2 Å². The molecule has 2 saturated heterocycles. The van der Waals surface area contributed by atoms with Crippen molar-refractivity contribution in [3.8, 4) is 0 Å². The molecule has 2 heterocycles. The van der Waals surface area contributed by atoms with Crippen molar-refractivity contribution in [2.75, 3.05) is 5.90 Å². The predicted octanol–water partition coefficient (Wildman–Crippen LogP) is 0.477. The monoisotopic (exact) mass is 298 g/mol. The molecule has 1 saturated carbocycles. The molecule has 3 fully saturated rings. The molecule has 3 rings (SSSR count). The molecule has 1 spiro atoms. The van der Waals surface area contributed by atoms with Crippen LogP contribution in [0.5, 0.6) is 0 Å². The first-order valence-electron chi connectivity index (χ1n) is 5.90. The van der Waals surface area contributed by atoms with Crippen LogP contribution in [0, 0.1) is 0 Å². The van der Waals surface area contributed by atoms with Crippen LogP contribution in [0.15, 0.2) is 0 Å². The van der Waals surface area contributed by atoms with Gasteiger partial charge in [0.15, 0.2) is 5.90 Å². The molecule has 0 aromatic heterocycles. The number of nitrogens with one attached hydrogen (secondary N) is 2. The quantitative estimate of drug-likeness (QED) is 0.477. The Bertz CT molecular complexity index is 417. The standard InChI is InChI=1S/C8H16N2O6P2/c11-17(12)5-18(13,14)16-8(15-17)9-6-3-1-2-4-7(6)10-8/h6-7,9-10H,1-5H2,(H,11,12)(H,13,14)/t6-,7-/m1/s1. The van der Waals surface area contributed by atoms with Crippen LogP contribution >= 0.6 is 15.2 Å². The van der Waals surface area contributed by atoms with Crippen LogP contribution in [0.2, 0.25) is 0 Å². The Kier molecular flexibility index (Phi) is 3.01. The van der Waals surface area contributed by atoms with E-state index in [9.17, 15) is 18.9 Å². The molecule has 4 N–H and O–H groups in total. The fraction of sp³-hybridized carbons (Fsp3) is 1.00. The van der Waals surface area contributed by atoms with Crippen molar-refractivity contribution in [2.45, 2.75) is 43.8 Å². The lowest BCUT2D eigenvalue weighted by molar-refractivity contribution is -0.162. The zero-order valence-electron chi connectivity index (χ0n) is 9.61. The van der Waals surface area contributed by atoms with Gasteiger partial charge in [-0.1, -0.05) is 12.8 Å². The first kappa shape index (κ1) is 13.2. The highest BCUT2D eigenvalue weighted by Crippen LogP contribution is 2.66. The number of hydrogen-bond donors (Lipinski definition) is 4. The molecule has 8 nitrogen and oxygen atoms in total. The Balaban J connectivity index is 1.87. The minimum atomic E-state index is -4.14. The lowest BCUT2D eigenvalue weighted by Crippen LogP contribution is -2.55. The first-order valence-corrected chi connectivity index (χ1v) is 9.42. The third-order valence-electron chi connectivity index (χ3n) is 3.42. The highest BCUT2D eigenvalue weighted by atomic mass is 31.2. The molecule has 18 heavy (non-hydrogen) atoms. The fourth-order valence-electron chi connectivity index (χ4n) is 2.81. The van der Waals surface area contributed by atoms with Gasteiger partial charge in [0.05, 0.1) is 0 Å². The van der Waals surface area contributed by atoms with E-state index in [4.69, 9.17) is 9.05 Å². The van der Waals surface area contributed by atoms with Gasteiger partial charge in [-0.15, -0.1) is 0 Å². The highest BCUT2D eigenvalue weighted by Gasteiger charge is 2.58. The molecular formula is C8H16N2O6P2. The summed E-state index contributed by atoms with van der Waals surface area (Å²) in [6.07, 6.45) is 3.83. The maximum absolute atomic E-state index is 11.7. The number of rotatable bonds is 0. The summed E-state index contributed by atoms with van der Waals surface area (Å²) >= 11 is 0. The van der Waals surface area contributed by atoms with Crippen LogP contribution in [0.4, 0.5) is 0 Å². The summed E-state index contributed by atoms with van der Waals surface area (Å²) in [7, 11) is -8.28. The first-order chi connectivity index (χ1) is 8.29. The van der Waals surface area contributed by atoms with Gasteiger partial charge in [0.25, 0.3) is 0 Å². The molecule has 2 unspecified atom stereocenters. The molecule has 10 heteroatoms. The minimum absolute atomic E-state index is 0.0249. The van der Waals surface area contributed by atoms with E-state index in [1.54, 1.807) is 0 Å². The normalized spacial score (nSPS) is 56.6. The summed E-state index contributed by atoms with van der Waals surface area (Å²) in [6, 6.07) is -1.75. The van der Waals surface area contributed by atoms with E-state index >= 15 is 0 Å². The van der Waals surface area contributed by atoms with Gasteiger partial charge in [-0.05, 0) is 12.8 Å². The summed E-state index contributed by atoms with van der Waals surface area (Å²) in [5.41, 5.74) is 0. The van der Waals surface area contributed by atoms with Crippen molar-refractivity contribution in [3.63, 3.8) is 0 Å². The van der Waals surface area contributed by atoms with Gasteiger partial charge in [-0.25, -0.2) is 19.7 Å². The van der Waals surface area contributed by atoms with Crippen molar-refractivity contribution in [1.29, 1.82) is 0 Å². The topological polar surface area (TPSA) is 117 Å². The molecule has 0 aromatic rings. The van der Waals surface area contributed by atoms with Gasteiger partial charge in [0.1, 0.15) is 0 Å². The summed E-state index contributed by atoms with van der Waals surface area (Å²) in [6.45, 7) is 0. The molecule has 0 amide bonds. The third-order valence-corrected chi connectivity index (χ3v) is 7.36. The van der Waals surface area contributed by atoms with Gasteiger partial charge in [-0.2, -0.15) is 0 Å². The van der Waals surface area contributed by atoms with E-state index < -0.39 is 27.1 Å². The van der Waals surface area contributed by atoms with Crippen LogP contribution in [0.3, 0.4) is 0 Å². The van der Waals surface area contributed by atoms with Crippen LogP contribution < -0.4 is 10.6 Å². The van der Waals surface area contributed by atoms with Gasteiger partial charge in [0, 0.05) is 12.1 Å². The van der Waals surface area contributed by atoms with E-state index in [0.29, 0.717) is 0 Å². The molecule has 0 radical (unpaired) electrons. The van der Waals surface area contributed by atoms with Crippen LogP contribution in [0.1, 0.15) is 25.7 Å². The second-order valence-electron chi connectivity index (χ2n) is 5.00. The Hall–Kier alpha value is 0.220. The molecule has 0 aromatic carbocycles. The highest BCUT2D eigenvalue weighted by molar-refractivity contribution is 7.70. The predicted molar refractivity (Wildman–Crippen MR) is 61.7 cm³/mol. The maximum Gasteiger partial charge on any atom is 0.344 e. The second kappa shape index (κ2) is 4.11. The zero-order valence-corrected chi connectivity index (χ0v) is 11.4. The molecule has 3 aliphatic rings. The van der Waals surface area contributed by atoms with Crippen molar-refractivity contribution in [1.82, 2.24) is 10.6 Å². The maximum atomic E-state index is 11.7. The molecular weight excluding hydrogens is 282 g/mol. The summed E-state index contributed by atoms with van der Waals surface area (Å²) in [5, 5.41) is 5.80. The van der Waals surface area contributed by atoms with E-state index in [-0.39, 0.29) is 12.1 Å². The Morgan fingerprint density at radius 3 is 1.89 bits per heavy atom. The Morgan fingerprint density at radius 2 is 1.44 bits per heavy atom. The molecule has 4 atom stereocenters. The second-order valence-corrected chi connectivity index (χ2v) is 9.05. The van der Waals surface area contributed by atoms with Crippen LogP contribution in [-0.2, 0) is 18.2 Å². The number of hydrogen-bond acceptors (Lipinski definition) is 6. The zero-order chi connectivity index (χ0) is 13.0. The van der Waals surface area contributed by atoms with E-state index in [1.807, 2.05) is 0 Å². The summed E-state index contributed by atoms with van der Waals surface area (Å²) in [4.78, 5) is 19.0. The van der Waals surface area contributed by atoms with E-state index in [2.05, 4.69) is 10.6 Å². The summed E-state index contributed by atoms with van der Waals surface area (Å²) < 4.78 is 33.3.